The highest BCUT2D eigenvalue weighted by Crippen LogP contribution is 2.19. The molecule has 12 nitrogen and oxygen atoms in total. The predicted octanol–water partition coefficient (Wildman–Crippen LogP) is 2.73. The Labute approximate surface area is 305 Å². The van der Waals surface area contributed by atoms with Gasteiger partial charge in [-0.25, -0.2) is 0 Å². The fourth-order valence-electron chi connectivity index (χ4n) is 7.00. The number of carboxylic acid groups (broad SMARTS) is 2. The molecule has 1 heterocycles. The first-order valence-electron chi connectivity index (χ1n) is 17.7. The minimum Gasteiger partial charge on any atom is -0.480 e. The van der Waals surface area contributed by atoms with E-state index in [-0.39, 0.29) is 37.3 Å². The summed E-state index contributed by atoms with van der Waals surface area (Å²) in [6.07, 6.45) is 2.40. The maximum atomic E-state index is 12.5. The van der Waals surface area contributed by atoms with Crippen molar-refractivity contribution in [2.24, 2.45) is 0 Å². The van der Waals surface area contributed by atoms with Gasteiger partial charge in [-0.1, -0.05) is 48.5 Å². The molecule has 0 aliphatic carbocycles. The topological polar surface area (TPSA) is 209 Å². The van der Waals surface area contributed by atoms with Crippen LogP contribution in [-0.4, -0.2) is 95.4 Å². The molecule has 0 radical (unpaired) electrons. The number of anilines is 4. The molecule has 0 bridgehead atoms. The molecule has 12 N–H and O–H groups in total. The number of nitrogen functional groups attached to an aromatic ring is 4. The smallest absolute Gasteiger partial charge is 0.317 e. The number of benzene rings is 4. The summed E-state index contributed by atoms with van der Waals surface area (Å²) in [5.74, 6) is -1.82. The van der Waals surface area contributed by atoms with Gasteiger partial charge in [-0.05, 0) is 96.5 Å². The van der Waals surface area contributed by atoms with Crippen molar-refractivity contribution < 1.29 is 19.8 Å². The lowest BCUT2D eigenvalue weighted by Gasteiger charge is -2.40. The van der Waals surface area contributed by atoms with Gasteiger partial charge in [0.2, 0.25) is 0 Å². The highest BCUT2D eigenvalue weighted by atomic mass is 16.4. The molecule has 0 saturated carbocycles. The number of hydrogen-bond donors (Lipinski definition) is 8. The molecule has 1 saturated heterocycles. The van der Waals surface area contributed by atoms with E-state index in [0.717, 1.165) is 22.3 Å². The normalized spacial score (nSPS) is 20.8. The maximum absolute atomic E-state index is 12.5. The van der Waals surface area contributed by atoms with Crippen LogP contribution in [0.4, 0.5) is 22.7 Å². The molecular weight excluding hydrogens is 656 g/mol. The number of aliphatic carboxylic acids is 2. The van der Waals surface area contributed by atoms with Crippen molar-refractivity contribution in [3.63, 3.8) is 0 Å². The third-order valence-electron chi connectivity index (χ3n) is 9.73. The molecule has 1 fully saturated rings. The fraction of sp³-hybridized carbons (Fsp3) is 0.350. The summed E-state index contributed by atoms with van der Waals surface area (Å²) in [7, 11) is 0. The second-order valence-corrected chi connectivity index (χ2v) is 13.9. The standard InChI is InChI=1S/C40H52N8O4/c41-31-9-1-27(2-10-31)17-35-23-47(25-39(49)50)38(20-30-7-15-34(44)16-8-30)22-46-36(18-28-3-11-32(42)12-4-28)24-48(26-40(51)52)37(21-45-35)19-29-5-13-33(43)14-6-29/h1-16,35-38,45-46H,17-26,41-44H2,(H,49,50)(H,51,52)/t35-,36-,37-,38-/m0/s1. The van der Waals surface area contributed by atoms with Crippen LogP contribution in [0.1, 0.15) is 22.3 Å². The molecule has 1 aliphatic heterocycles. The Bertz CT molecular complexity index is 1590. The highest BCUT2D eigenvalue weighted by Gasteiger charge is 2.30. The SMILES string of the molecule is Nc1ccc(C[C@H]2CN(CC(=O)O)[C@@H](Cc3ccc(N)cc3)CN[C@@H](Cc3ccc(N)cc3)CN(CC(=O)O)[C@@H](Cc3ccc(N)cc3)CN2)cc1. The average Bonchev–Trinajstić information content (AvgIpc) is 3.10. The minimum atomic E-state index is -0.909. The Morgan fingerprint density at radius 2 is 0.769 bits per heavy atom. The van der Waals surface area contributed by atoms with Crippen LogP contribution >= 0.6 is 0 Å². The van der Waals surface area contributed by atoms with Crippen LogP contribution in [0, 0.1) is 0 Å². The van der Waals surface area contributed by atoms with Crippen LogP contribution in [0.25, 0.3) is 0 Å². The lowest BCUT2D eigenvalue weighted by molar-refractivity contribution is -0.139. The largest absolute Gasteiger partial charge is 0.480 e. The van der Waals surface area contributed by atoms with E-state index in [0.29, 0.717) is 74.6 Å². The van der Waals surface area contributed by atoms with Crippen LogP contribution in [0.5, 0.6) is 0 Å². The Morgan fingerprint density at radius 3 is 1.04 bits per heavy atom. The van der Waals surface area contributed by atoms with Crippen molar-refractivity contribution in [3.8, 4) is 0 Å². The molecule has 52 heavy (non-hydrogen) atoms. The number of carbonyl (C=O) groups is 2. The van der Waals surface area contributed by atoms with Gasteiger partial charge in [0.15, 0.2) is 0 Å². The third-order valence-corrected chi connectivity index (χ3v) is 9.73. The summed E-state index contributed by atoms with van der Waals surface area (Å²) in [4.78, 5) is 29.0. The molecule has 1 aliphatic rings. The van der Waals surface area contributed by atoms with Crippen molar-refractivity contribution in [1.82, 2.24) is 20.4 Å². The Hall–Kier alpha value is -5.14. The summed E-state index contributed by atoms with van der Waals surface area (Å²) in [5.41, 5.74) is 30.9. The second kappa shape index (κ2) is 18.4. The van der Waals surface area contributed by atoms with Crippen molar-refractivity contribution in [3.05, 3.63) is 119 Å². The van der Waals surface area contributed by atoms with Crippen LogP contribution in [0.2, 0.25) is 0 Å². The van der Waals surface area contributed by atoms with E-state index < -0.39 is 11.9 Å². The zero-order valence-corrected chi connectivity index (χ0v) is 29.5. The molecule has 276 valence electrons. The zero-order chi connectivity index (χ0) is 37.0. The molecular formula is C40H52N8O4. The van der Waals surface area contributed by atoms with Gasteiger partial charge in [0.05, 0.1) is 13.1 Å². The van der Waals surface area contributed by atoms with E-state index >= 15 is 0 Å². The van der Waals surface area contributed by atoms with Crippen molar-refractivity contribution in [2.75, 3.05) is 62.2 Å². The van der Waals surface area contributed by atoms with Crippen molar-refractivity contribution in [2.45, 2.75) is 49.9 Å². The van der Waals surface area contributed by atoms with Gasteiger partial charge >= 0.3 is 11.9 Å². The van der Waals surface area contributed by atoms with Crippen LogP contribution in [-0.2, 0) is 35.3 Å². The van der Waals surface area contributed by atoms with E-state index in [9.17, 15) is 19.8 Å². The van der Waals surface area contributed by atoms with Gasteiger partial charge in [-0.3, -0.25) is 19.4 Å². The van der Waals surface area contributed by atoms with Gasteiger partial charge in [0.1, 0.15) is 0 Å². The highest BCUT2D eigenvalue weighted by molar-refractivity contribution is 5.69. The van der Waals surface area contributed by atoms with Crippen LogP contribution in [0.3, 0.4) is 0 Å². The number of nitrogens with two attached hydrogens (primary N) is 4. The van der Waals surface area contributed by atoms with Crippen LogP contribution in [0.15, 0.2) is 97.1 Å². The number of nitrogens with zero attached hydrogens (tertiary/aromatic N) is 2. The number of hydrogen-bond acceptors (Lipinski definition) is 10. The van der Waals surface area contributed by atoms with Gasteiger partial charge < -0.3 is 43.8 Å². The third kappa shape index (κ3) is 12.0. The summed E-state index contributed by atoms with van der Waals surface area (Å²) < 4.78 is 0. The second-order valence-electron chi connectivity index (χ2n) is 13.9. The molecule has 5 rings (SSSR count). The summed E-state index contributed by atoms with van der Waals surface area (Å²) in [6, 6.07) is 30.1. The first kappa shape index (κ1) is 38.1. The van der Waals surface area contributed by atoms with Crippen molar-refractivity contribution >= 4 is 34.7 Å². The molecule has 0 amide bonds. The van der Waals surface area contributed by atoms with Gasteiger partial charge in [0.25, 0.3) is 0 Å². The first-order chi connectivity index (χ1) is 25.0. The Kier molecular flexibility index (Phi) is 13.5. The molecule has 0 unspecified atom stereocenters. The van der Waals surface area contributed by atoms with E-state index in [1.54, 1.807) is 0 Å². The minimum absolute atomic E-state index is 0.149. The van der Waals surface area contributed by atoms with Gasteiger partial charge in [-0.15, -0.1) is 0 Å². The molecule has 0 aromatic heterocycles. The molecule has 12 heteroatoms. The zero-order valence-electron chi connectivity index (χ0n) is 29.5. The van der Waals surface area contributed by atoms with Crippen molar-refractivity contribution in [1.29, 1.82) is 0 Å². The van der Waals surface area contributed by atoms with E-state index in [1.165, 1.54) is 0 Å². The number of rotatable bonds is 12. The quantitative estimate of drug-likeness (QED) is 0.1000. The fourth-order valence-corrected chi connectivity index (χ4v) is 7.00. The molecule has 4 aromatic rings. The lowest BCUT2D eigenvalue weighted by atomic mass is 9.97. The summed E-state index contributed by atoms with van der Waals surface area (Å²) in [6.45, 7) is 1.51. The number of carboxylic acids is 2. The van der Waals surface area contributed by atoms with Gasteiger partial charge in [-0.2, -0.15) is 0 Å². The predicted molar refractivity (Wildman–Crippen MR) is 208 cm³/mol. The van der Waals surface area contributed by atoms with E-state index in [4.69, 9.17) is 22.9 Å². The van der Waals surface area contributed by atoms with Crippen LogP contribution < -0.4 is 33.6 Å². The average molecular weight is 709 g/mol. The van der Waals surface area contributed by atoms with E-state index in [1.807, 2.05) is 107 Å². The Morgan fingerprint density at radius 1 is 0.500 bits per heavy atom. The first-order valence-corrected chi connectivity index (χ1v) is 17.7. The van der Waals surface area contributed by atoms with Gasteiger partial charge in [0, 0.05) is 73.1 Å². The maximum Gasteiger partial charge on any atom is 0.317 e. The van der Waals surface area contributed by atoms with E-state index in [2.05, 4.69) is 10.6 Å². The number of nitrogens with one attached hydrogen (secondary N) is 2. The summed E-state index contributed by atoms with van der Waals surface area (Å²) >= 11 is 0. The Balaban J connectivity index is 1.54. The lowest BCUT2D eigenvalue weighted by Crippen LogP contribution is -2.58. The monoisotopic (exact) mass is 708 g/mol. The summed E-state index contributed by atoms with van der Waals surface area (Å²) in [5, 5.41) is 28.0. The molecule has 4 aromatic carbocycles. The molecule has 0 spiro atoms. The molecule has 4 atom stereocenters.